The maximum atomic E-state index is 9.40. The molecule has 1 aliphatic heterocycles. The van der Waals surface area contributed by atoms with Crippen LogP contribution in [0.1, 0.15) is 43.5 Å². The Hall–Kier alpha value is -1.90. The summed E-state index contributed by atoms with van der Waals surface area (Å²) in [5, 5.41) is 17.6. The van der Waals surface area contributed by atoms with E-state index in [1.807, 2.05) is 12.2 Å². The Morgan fingerprint density at radius 1 is 1.46 bits per heavy atom. The summed E-state index contributed by atoms with van der Waals surface area (Å²) in [7, 11) is 1.59. The number of hydrogen-bond donors (Lipinski definition) is 1. The number of rotatable bonds is 5. The normalized spacial score (nSPS) is 24.6. The molecule has 0 saturated carbocycles. The van der Waals surface area contributed by atoms with E-state index < -0.39 is 5.60 Å². The van der Waals surface area contributed by atoms with Crippen molar-refractivity contribution < 1.29 is 4.74 Å². The monoisotopic (exact) mass is 326 g/mol. The summed E-state index contributed by atoms with van der Waals surface area (Å²) in [6, 6.07) is 4.54. The first-order valence-corrected chi connectivity index (χ1v) is 8.80. The van der Waals surface area contributed by atoms with Gasteiger partial charge in [0.05, 0.1) is 5.69 Å². The van der Waals surface area contributed by atoms with Crippen molar-refractivity contribution in [2.75, 3.05) is 20.2 Å². The average molecular weight is 326 g/mol. The molecule has 1 aromatic heterocycles. The van der Waals surface area contributed by atoms with Gasteiger partial charge in [0, 0.05) is 38.1 Å². The second-order valence-electron chi connectivity index (χ2n) is 6.64. The molecule has 1 saturated heterocycles. The van der Waals surface area contributed by atoms with Crippen molar-refractivity contribution in [3.05, 3.63) is 41.3 Å². The predicted molar refractivity (Wildman–Crippen MR) is 93.6 cm³/mol. The van der Waals surface area contributed by atoms with Gasteiger partial charge in [-0.25, -0.2) is 0 Å². The van der Waals surface area contributed by atoms with Crippen LogP contribution in [0.3, 0.4) is 0 Å². The number of methoxy groups -OCH3 is 1. The molecule has 24 heavy (non-hydrogen) atoms. The van der Waals surface area contributed by atoms with E-state index in [4.69, 9.17) is 9.84 Å². The van der Waals surface area contributed by atoms with E-state index in [9.17, 15) is 5.26 Å². The Labute approximate surface area is 144 Å². The van der Waals surface area contributed by atoms with E-state index in [1.54, 1.807) is 7.11 Å². The van der Waals surface area contributed by atoms with Gasteiger partial charge in [0.15, 0.2) is 5.60 Å². The third-order valence-corrected chi connectivity index (χ3v) is 5.07. The van der Waals surface area contributed by atoms with Crippen molar-refractivity contribution >= 4 is 0 Å². The average Bonchev–Trinajstić information content (AvgIpc) is 3.05. The zero-order valence-electron chi connectivity index (χ0n) is 14.6. The fourth-order valence-electron chi connectivity index (χ4n) is 3.68. The quantitative estimate of drug-likeness (QED) is 0.903. The Morgan fingerprint density at radius 3 is 2.92 bits per heavy atom. The summed E-state index contributed by atoms with van der Waals surface area (Å²) >= 11 is 0. The molecule has 3 rings (SSSR count). The van der Waals surface area contributed by atoms with Crippen LogP contribution in [0.2, 0.25) is 0 Å². The van der Waals surface area contributed by atoms with Gasteiger partial charge in [0.1, 0.15) is 6.07 Å². The maximum Gasteiger partial charge on any atom is 0.176 e. The minimum absolute atomic E-state index is 0.602. The van der Waals surface area contributed by atoms with Crippen LogP contribution in [-0.4, -0.2) is 35.6 Å². The van der Waals surface area contributed by atoms with Crippen molar-refractivity contribution in [1.29, 1.82) is 5.26 Å². The Bertz CT molecular complexity index is 676. The lowest BCUT2D eigenvalue weighted by Crippen LogP contribution is -2.29. The van der Waals surface area contributed by atoms with Crippen LogP contribution in [0.5, 0.6) is 0 Å². The summed E-state index contributed by atoms with van der Waals surface area (Å²) in [6.45, 7) is 5.22. The van der Waals surface area contributed by atoms with Crippen LogP contribution in [-0.2, 0) is 17.7 Å². The summed E-state index contributed by atoms with van der Waals surface area (Å²) in [5.41, 5.74) is 2.82. The van der Waals surface area contributed by atoms with E-state index >= 15 is 0 Å². The predicted octanol–water partition coefficient (Wildman–Crippen LogP) is 2.71. The van der Waals surface area contributed by atoms with Crippen molar-refractivity contribution in [1.82, 2.24) is 15.1 Å². The molecule has 128 valence electrons. The molecule has 0 spiro atoms. The number of nitriles is 1. The van der Waals surface area contributed by atoms with E-state index in [0.717, 1.165) is 31.7 Å². The molecular weight excluding hydrogens is 300 g/mol. The largest absolute Gasteiger partial charge is 0.359 e. The molecule has 0 radical (unpaired) electrons. The molecule has 1 aliphatic carbocycles. The standard InChI is InChI=1S/C19H26N4O/c1-3-23-18(16-6-9-21-10-7-16)12-17(22-23)11-15-5-4-8-19(13-15,14-20)24-2/h4-5,8,12,16,21H,3,6-7,9-11,13H2,1-2H3. The lowest BCUT2D eigenvalue weighted by molar-refractivity contribution is 0.0794. The number of hydrogen-bond acceptors (Lipinski definition) is 4. The molecule has 1 aromatic rings. The highest BCUT2D eigenvalue weighted by molar-refractivity contribution is 5.34. The number of piperidine rings is 1. The van der Waals surface area contributed by atoms with Crippen LogP contribution in [0.4, 0.5) is 0 Å². The molecule has 5 heteroatoms. The first-order valence-electron chi connectivity index (χ1n) is 8.80. The molecule has 0 aromatic carbocycles. The highest BCUT2D eigenvalue weighted by atomic mass is 16.5. The topological polar surface area (TPSA) is 62.9 Å². The van der Waals surface area contributed by atoms with E-state index in [0.29, 0.717) is 12.3 Å². The fraction of sp³-hybridized carbons (Fsp3) is 0.579. The van der Waals surface area contributed by atoms with Gasteiger partial charge in [-0.1, -0.05) is 17.7 Å². The first-order chi connectivity index (χ1) is 11.7. The Morgan fingerprint density at radius 2 is 2.25 bits per heavy atom. The summed E-state index contributed by atoms with van der Waals surface area (Å²) in [6.07, 6.45) is 9.59. The van der Waals surface area contributed by atoms with Crippen LogP contribution >= 0.6 is 0 Å². The lowest BCUT2D eigenvalue weighted by Gasteiger charge is -2.25. The molecule has 0 bridgehead atoms. The molecule has 1 N–H and O–H groups in total. The molecule has 1 unspecified atom stereocenters. The van der Waals surface area contributed by atoms with Crippen molar-refractivity contribution in [2.24, 2.45) is 0 Å². The SMILES string of the molecule is CCn1nc(CC2=CC=CC(C#N)(OC)C2)cc1C1CCNCC1. The Kier molecular flexibility index (Phi) is 5.17. The fourth-order valence-corrected chi connectivity index (χ4v) is 3.68. The third-order valence-electron chi connectivity index (χ3n) is 5.07. The highest BCUT2D eigenvalue weighted by Crippen LogP contribution is 2.30. The highest BCUT2D eigenvalue weighted by Gasteiger charge is 2.30. The van der Waals surface area contributed by atoms with E-state index in [1.165, 1.54) is 24.1 Å². The molecular formula is C19H26N4O. The van der Waals surface area contributed by atoms with Crippen molar-refractivity contribution in [3.63, 3.8) is 0 Å². The zero-order valence-corrected chi connectivity index (χ0v) is 14.6. The molecule has 0 amide bonds. The van der Waals surface area contributed by atoms with Gasteiger partial charge < -0.3 is 10.1 Å². The van der Waals surface area contributed by atoms with Crippen LogP contribution < -0.4 is 5.32 Å². The number of ether oxygens (including phenoxy) is 1. The minimum Gasteiger partial charge on any atom is -0.359 e. The number of aryl methyl sites for hydroxylation is 1. The van der Waals surface area contributed by atoms with Gasteiger partial charge in [0.25, 0.3) is 0 Å². The molecule has 2 aliphatic rings. The number of aromatic nitrogens is 2. The second-order valence-corrected chi connectivity index (χ2v) is 6.64. The number of allylic oxidation sites excluding steroid dienone is 2. The maximum absolute atomic E-state index is 9.40. The van der Waals surface area contributed by atoms with E-state index in [2.05, 4.69) is 35.1 Å². The molecule has 5 nitrogen and oxygen atoms in total. The van der Waals surface area contributed by atoms with Gasteiger partial charge in [-0.2, -0.15) is 10.4 Å². The summed E-state index contributed by atoms with van der Waals surface area (Å²) in [5.74, 6) is 0.602. The van der Waals surface area contributed by atoms with Crippen LogP contribution in [0.15, 0.2) is 29.9 Å². The van der Waals surface area contributed by atoms with Gasteiger partial charge in [-0.05, 0) is 45.0 Å². The van der Waals surface area contributed by atoms with Crippen molar-refractivity contribution in [2.45, 2.75) is 50.7 Å². The van der Waals surface area contributed by atoms with Gasteiger partial charge in [-0.15, -0.1) is 0 Å². The van der Waals surface area contributed by atoms with E-state index in [-0.39, 0.29) is 0 Å². The number of nitrogens with zero attached hydrogens (tertiary/aromatic N) is 3. The van der Waals surface area contributed by atoms with Gasteiger partial charge >= 0.3 is 0 Å². The van der Waals surface area contributed by atoms with Gasteiger partial charge in [-0.3, -0.25) is 4.68 Å². The molecule has 1 fully saturated rings. The van der Waals surface area contributed by atoms with Crippen molar-refractivity contribution in [3.8, 4) is 6.07 Å². The van der Waals surface area contributed by atoms with Gasteiger partial charge in [0.2, 0.25) is 0 Å². The molecule has 1 atom stereocenters. The smallest absolute Gasteiger partial charge is 0.176 e. The first kappa shape index (κ1) is 16.9. The third kappa shape index (κ3) is 3.45. The van der Waals surface area contributed by atoms with Crippen LogP contribution in [0, 0.1) is 11.3 Å². The minimum atomic E-state index is -0.824. The zero-order chi connectivity index (χ0) is 17.0. The second kappa shape index (κ2) is 7.33. The Balaban J connectivity index is 1.76. The van der Waals surface area contributed by atoms with Crippen LogP contribution in [0.25, 0.3) is 0 Å². The lowest BCUT2D eigenvalue weighted by atomic mass is 9.88. The summed E-state index contributed by atoms with van der Waals surface area (Å²) < 4.78 is 7.57. The number of nitrogens with one attached hydrogen (secondary N) is 1. The summed E-state index contributed by atoms with van der Waals surface area (Å²) in [4.78, 5) is 0. The molecule has 2 heterocycles.